The van der Waals surface area contributed by atoms with Crippen molar-refractivity contribution in [1.29, 1.82) is 0 Å². The second-order valence-corrected chi connectivity index (χ2v) is 4.89. The third kappa shape index (κ3) is 1.42. The molecule has 0 aliphatic heterocycles. The Morgan fingerprint density at radius 2 is 1.26 bits per heavy atom. The van der Waals surface area contributed by atoms with Gasteiger partial charge in [0.2, 0.25) is 0 Å². The Morgan fingerprint density at radius 1 is 0.526 bits per heavy atom. The highest BCUT2D eigenvalue weighted by Crippen LogP contribution is 2.33. The van der Waals surface area contributed by atoms with Crippen LogP contribution in [-0.2, 0) is 0 Å². The van der Waals surface area contributed by atoms with Crippen LogP contribution in [0.4, 0.5) is 5.69 Å². The smallest absolute Gasteiger partial charge is 0.0393 e. The molecule has 0 fully saturated rings. The Morgan fingerprint density at radius 3 is 2.21 bits per heavy atom. The van der Waals surface area contributed by atoms with Crippen molar-refractivity contribution in [2.45, 2.75) is 0 Å². The Kier molecular flexibility index (Phi) is 2.04. The summed E-state index contributed by atoms with van der Waals surface area (Å²) in [5, 5.41) is 7.47. The fraction of sp³-hybridized carbons (Fsp3) is 0. The Hall–Kier alpha value is -2.54. The minimum Gasteiger partial charge on any atom is -0.398 e. The van der Waals surface area contributed by atoms with E-state index in [0.29, 0.717) is 0 Å². The maximum atomic E-state index is 6.09. The standard InChI is InChI=1S/C18H13N/c19-17-7-3-6-16-15(17)11-10-13-9-8-12-4-1-2-5-14(12)18(13)16/h1-11H,19H2. The molecule has 4 rings (SSSR count). The molecule has 19 heavy (non-hydrogen) atoms. The van der Waals surface area contributed by atoms with Gasteiger partial charge in [-0.05, 0) is 33.0 Å². The third-order valence-corrected chi connectivity index (χ3v) is 3.80. The first kappa shape index (κ1) is 10.4. The maximum absolute atomic E-state index is 6.09. The van der Waals surface area contributed by atoms with E-state index in [0.717, 1.165) is 11.1 Å². The van der Waals surface area contributed by atoms with Gasteiger partial charge >= 0.3 is 0 Å². The molecule has 0 amide bonds. The van der Waals surface area contributed by atoms with Gasteiger partial charge in [-0.3, -0.25) is 0 Å². The van der Waals surface area contributed by atoms with E-state index >= 15 is 0 Å². The second-order valence-electron chi connectivity index (χ2n) is 4.89. The molecule has 0 atom stereocenters. The normalized spacial score (nSPS) is 11.4. The fourth-order valence-corrected chi connectivity index (χ4v) is 2.89. The van der Waals surface area contributed by atoms with Gasteiger partial charge in [0, 0.05) is 11.1 Å². The summed E-state index contributed by atoms with van der Waals surface area (Å²) < 4.78 is 0. The lowest BCUT2D eigenvalue weighted by molar-refractivity contribution is 1.75. The molecule has 90 valence electrons. The number of rotatable bonds is 0. The quantitative estimate of drug-likeness (QED) is 0.350. The van der Waals surface area contributed by atoms with Gasteiger partial charge in [-0.25, -0.2) is 0 Å². The highest BCUT2D eigenvalue weighted by atomic mass is 14.5. The van der Waals surface area contributed by atoms with E-state index in [2.05, 4.69) is 54.6 Å². The van der Waals surface area contributed by atoms with Gasteiger partial charge in [-0.15, -0.1) is 0 Å². The average Bonchev–Trinajstić information content (AvgIpc) is 2.47. The number of hydrogen-bond donors (Lipinski definition) is 1. The van der Waals surface area contributed by atoms with Crippen molar-refractivity contribution in [1.82, 2.24) is 0 Å². The monoisotopic (exact) mass is 243 g/mol. The first-order valence-corrected chi connectivity index (χ1v) is 6.43. The second kappa shape index (κ2) is 3.72. The van der Waals surface area contributed by atoms with E-state index in [-0.39, 0.29) is 0 Å². The minimum atomic E-state index is 0.840. The molecule has 0 radical (unpaired) electrons. The molecule has 1 heteroatoms. The Bertz CT molecular complexity index is 922. The zero-order valence-electron chi connectivity index (χ0n) is 10.4. The molecule has 0 heterocycles. The summed E-state index contributed by atoms with van der Waals surface area (Å²) in [6, 6.07) is 23.3. The van der Waals surface area contributed by atoms with Crippen LogP contribution in [0.2, 0.25) is 0 Å². The molecule has 0 aliphatic carbocycles. The van der Waals surface area contributed by atoms with Gasteiger partial charge in [0.1, 0.15) is 0 Å². The molecule has 1 nitrogen and oxygen atoms in total. The largest absolute Gasteiger partial charge is 0.398 e. The first-order valence-electron chi connectivity index (χ1n) is 6.43. The summed E-state index contributed by atoms with van der Waals surface area (Å²) >= 11 is 0. The van der Waals surface area contributed by atoms with Gasteiger partial charge in [0.25, 0.3) is 0 Å². The Balaban J connectivity index is 2.37. The lowest BCUT2D eigenvalue weighted by Crippen LogP contribution is -1.87. The van der Waals surface area contributed by atoms with Crippen LogP contribution in [0.25, 0.3) is 32.3 Å². The van der Waals surface area contributed by atoms with E-state index in [9.17, 15) is 0 Å². The molecule has 0 aliphatic rings. The topological polar surface area (TPSA) is 26.0 Å². The number of fused-ring (bicyclic) bond motifs is 5. The molecule has 0 bridgehead atoms. The summed E-state index contributed by atoms with van der Waals surface area (Å²) in [4.78, 5) is 0. The molecular formula is C18H13N. The van der Waals surface area contributed by atoms with Crippen LogP contribution >= 0.6 is 0 Å². The zero-order chi connectivity index (χ0) is 12.8. The lowest BCUT2D eigenvalue weighted by atomic mass is 9.96. The lowest BCUT2D eigenvalue weighted by Gasteiger charge is -2.09. The van der Waals surface area contributed by atoms with Gasteiger partial charge < -0.3 is 5.73 Å². The predicted octanol–water partition coefficient (Wildman–Crippen LogP) is 4.73. The van der Waals surface area contributed by atoms with Crippen LogP contribution < -0.4 is 5.73 Å². The molecule has 0 aromatic heterocycles. The van der Waals surface area contributed by atoms with E-state index in [1.807, 2.05) is 12.1 Å². The van der Waals surface area contributed by atoms with Crippen molar-refractivity contribution in [2.24, 2.45) is 0 Å². The van der Waals surface area contributed by atoms with Crippen molar-refractivity contribution in [3.05, 3.63) is 66.7 Å². The van der Waals surface area contributed by atoms with Gasteiger partial charge in [-0.1, -0.05) is 60.7 Å². The van der Waals surface area contributed by atoms with Crippen LogP contribution in [0.5, 0.6) is 0 Å². The average molecular weight is 243 g/mol. The van der Waals surface area contributed by atoms with Crippen molar-refractivity contribution in [2.75, 3.05) is 5.73 Å². The summed E-state index contributed by atoms with van der Waals surface area (Å²) in [5.74, 6) is 0. The van der Waals surface area contributed by atoms with E-state index in [4.69, 9.17) is 5.73 Å². The molecule has 0 unspecified atom stereocenters. The van der Waals surface area contributed by atoms with E-state index < -0.39 is 0 Å². The summed E-state index contributed by atoms with van der Waals surface area (Å²) in [7, 11) is 0. The number of benzene rings is 4. The van der Waals surface area contributed by atoms with Crippen LogP contribution in [0.3, 0.4) is 0 Å². The number of anilines is 1. The number of nitrogens with two attached hydrogens (primary N) is 1. The SMILES string of the molecule is Nc1cccc2c1ccc1ccc3ccccc3c12. The van der Waals surface area contributed by atoms with Crippen molar-refractivity contribution in [3.8, 4) is 0 Å². The summed E-state index contributed by atoms with van der Waals surface area (Å²) in [5.41, 5.74) is 6.93. The van der Waals surface area contributed by atoms with Crippen molar-refractivity contribution in [3.63, 3.8) is 0 Å². The molecule has 4 aromatic carbocycles. The van der Waals surface area contributed by atoms with Crippen LogP contribution in [0, 0.1) is 0 Å². The molecule has 2 N–H and O–H groups in total. The highest BCUT2D eigenvalue weighted by Gasteiger charge is 2.06. The van der Waals surface area contributed by atoms with Crippen molar-refractivity contribution >= 4 is 38.0 Å². The predicted molar refractivity (Wildman–Crippen MR) is 83.4 cm³/mol. The van der Waals surface area contributed by atoms with E-state index in [1.54, 1.807) is 0 Å². The minimum absolute atomic E-state index is 0.840. The molecule has 4 aromatic rings. The Labute approximate surface area is 111 Å². The molecular weight excluding hydrogens is 230 g/mol. The van der Waals surface area contributed by atoms with Gasteiger partial charge in [0.15, 0.2) is 0 Å². The van der Waals surface area contributed by atoms with E-state index in [1.165, 1.54) is 26.9 Å². The molecule has 0 spiro atoms. The third-order valence-electron chi connectivity index (χ3n) is 3.80. The fourth-order valence-electron chi connectivity index (χ4n) is 2.89. The highest BCUT2D eigenvalue weighted by molar-refractivity contribution is 6.21. The van der Waals surface area contributed by atoms with Crippen LogP contribution in [0.1, 0.15) is 0 Å². The van der Waals surface area contributed by atoms with Gasteiger partial charge in [0.05, 0.1) is 0 Å². The molecule has 0 saturated heterocycles. The number of nitrogen functional groups attached to an aromatic ring is 1. The molecule has 0 saturated carbocycles. The summed E-state index contributed by atoms with van der Waals surface area (Å²) in [6.07, 6.45) is 0. The van der Waals surface area contributed by atoms with Gasteiger partial charge in [-0.2, -0.15) is 0 Å². The van der Waals surface area contributed by atoms with Crippen molar-refractivity contribution < 1.29 is 0 Å². The van der Waals surface area contributed by atoms with Crippen LogP contribution in [0.15, 0.2) is 66.7 Å². The van der Waals surface area contributed by atoms with Crippen LogP contribution in [-0.4, -0.2) is 0 Å². The number of hydrogen-bond acceptors (Lipinski definition) is 1. The zero-order valence-corrected chi connectivity index (χ0v) is 10.4. The first-order chi connectivity index (χ1) is 9.34. The maximum Gasteiger partial charge on any atom is 0.0393 e. The summed E-state index contributed by atoms with van der Waals surface area (Å²) in [6.45, 7) is 0.